The Kier molecular flexibility index (Phi) is 5.76. The fourth-order valence-corrected chi connectivity index (χ4v) is 3.92. The molecule has 1 N–H and O–H groups in total. The van der Waals surface area contributed by atoms with Crippen LogP contribution in [0.3, 0.4) is 0 Å². The lowest BCUT2D eigenvalue weighted by Crippen LogP contribution is -2.33. The lowest BCUT2D eigenvalue weighted by atomic mass is 10.0. The van der Waals surface area contributed by atoms with Crippen LogP contribution in [0.5, 0.6) is 0 Å². The van der Waals surface area contributed by atoms with Crippen LogP contribution in [-0.2, 0) is 16.1 Å². The summed E-state index contributed by atoms with van der Waals surface area (Å²) in [6, 6.07) is 11.9. The molecule has 0 saturated carbocycles. The van der Waals surface area contributed by atoms with Crippen LogP contribution >= 0.6 is 23.4 Å². The first-order chi connectivity index (χ1) is 11.6. The van der Waals surface area contributed by atoms with E-state index >= 15 is 0 Å². The Balaban J connectivity index is 1.55. The quantitative estimate of drug-likeness (QED) is 0.856. The van der Waals surface area contributed by atoms with Crippen LogP contribution in [0.4, 0.5) is 4.39 Å². The van der Waals surface area contributed by atoms with Gasteiger partial charge in [0.1, 0.15) is 12.4 Å². The molecule has 1 aliphatic heterocycles. The number of fused-ring (bicyclic) bond motifs is 1. The van der Waals surface area contributed by atoms with E-state index in [-0.39, 0.29) is 31.0 Å². The largest absolute Gasteiger partial charge is 0.367 e. The first-order valence-corrected chi connectivity index (χ1v) is 9.02. The minimum atomic E-state index is -0.287. The summed E-state index contributed by atoms with van der Waals surface area (Å²) in [5.74, 6) is 0.393. The number of hydrogen-bond donors (Lipinski definition) is 1. The third kappa shape index (κ3) is 4.29. The maximum atomic E-state index is 13.5. The molecule has 0 radical (unpaired) electrons. The van der Waals surface area contributed by atoms with Crippen molar-refractivity contribution in [3.05, 3.63) is 64.4 Å². The van der Waals surface area contributed by atoms with E-state index in [0.29, 0.717) is 5.02 Å². The van der Waals surface area contributed by atoms with Crippen molar-refractivity contribution in [1.29, 1.82) is 0 Å². The first kappa shape index (κ1) is 17.3. The minimum Gasteiger partial charge on any atom is -0.367 e. The molecule has 1 amide bonds. The monoisotopic (exact) mass is 365 g/mol. The van der Waals surface area contributed by atoms with E-state index in [1.807, 2.05) is 18.2 Å². The van der Waals surface area contributed by atoms with Gasteiger partial charge in [-0.15, -0.1) is 11.8 Å². The van der Waals surface area contributed by atoms with Gasteiger partial charge in [0.2, 0.25) is 5.91 Å². The topological polar surface area (TPSA) is 38.3 Å². The van der Waals surface area contributed by atoms with Gasteiger partial charge in [0.25, 0.3) is 0 Å². The molecule has 0 aromatic heterocycles. The lowest BCUT2D eigenvalue weighted by Gasteiger charge is -2.26. The van der Waals surface area contributed by atoms with E-state index in [4.69, 9.17) is 16.3 Å². The number of nitrogens with one attached hydrogen (secondary N) is 1. The van der Waals surface area contributed by atoms with Crippen LogP contribution in [0.25, 0.3) is 0 Å². The number of carbonyl (C=O) groups excluding carboxylic acids is 1. The molecule has 0 aliphatic carbocycles. The number of rotatable bonds is 5. The summed E-state index contributed by atoms with van der Waals surface area (Å²) in [6.07, 6.45) is 0.775. The molecule has 6 heteroatoms. The number of hydrogen-bond acceptors (Lipinski definition) is 3. The second kappa shape index (κ2) is 8.01. The molecule has 3 nitrogen and oxygen atoms in total. The molecule has 3 rings (SSSR count). The SMILES string of the molecule is O=C(COCc1ccccc1Cl)N[C@@H]1CCSc2ccc(F)cc21. The van der Waals surface area contributed by atoms with Crippen LogP contribution in [0.2, 0.25) is 5.02 Å². The van der Waals surface area contributed by atoms with E-state index in [1.54, 1.807) is 23.9 Å². The van der Waals surface area contributed by atoms with E-state index in [9.17, 15) is 9.18 Å². The second-order valence-electron chi connectivity index (χ2n) is 5.52. The Morgan fingerprint density at radius 3 is 3.00 bits per heavy atom. The molecule has 1 aliphatic rings. The molecule has 126 valence electrons. The highest BCUT2D eigenvalue weighted by Crippen LogP contribution is 2.36. The van der Waals surface area contributed by atoms with E-state index in [1.165, 1.54) is 12.1 Å². The Bertz CT molecular complexity index is 741. The predicted octanol–water partition coefficient (Wildman–Crippen LogP) is 4.35. The normalized spacial score (nSPS) is 16.5. The van der Waals surface area contributed by atoms with E-state index in [2.05, 4.69) is 5.32 Å². The fraction of sp³-hybridized carbons (Fsp3) is 0.278. The molecule has 0 bridgehead atoms. The third-order valence-corrected chi connectivity index (χ3v) is 5.29. The van der Waals surface area contributed by atoms with Crippen molar-refractivity contribution < 1.29 is 13.9 Å². The van der Waals surface area contributed by atoms with Crippen LogP contribution in [0.15, 0.2) is 47.4 Å². The maximum Gasteiger partial charge on any atom is 0.246 e. The summed E-state index contributed by atoms with van der Waals surface area (Å²) in [5.41, 5.74) is 1.68. The van der Waals surface area contributed by atoms with Gasteiger partial charge in [-0.3, -0.25) is 4.79 Å². The molecule has 1 heterocycles. The van der Waals surface area contributed by atoms with Gasteiger partial charge in [-0.2, -0.15) is 0 Å². The molecular formula is C18H17ClFNO2S. The van der Waals surface area contributed by atoms with Crippen molar-refractivity contribution in [1.82, 2.24) is 5.32 Å². The number of carbonyl (C=O) groups is 1. The number of benzene rings is 2. The second-order valence-corrected chi connectivity index (χ2v) is 7.07. The number of ether oxygens (including phenoxy) is 1. The highest BCUT2D eigenvalue weighted by atomic mass is 35.5. The van der Waals surface area contributed by atoms with Gasteiger partial charge in [-0.25, -0.2) is 4.39 Å². The molecule has 2 aromatic rings. The van der Waals surface area contributed by atoms with Crippen molar-refractivity contribution in [2.75, 3.05) is 12.4 Å². The van der Waals surface area contributed by atoms with Gasteiger partial charge in [-0.05, 0) is 41.8 Å². The number of thioether (sulfide) groups is 1. The Morgan fingerprint density at radius 2 is 2.17 bits per heavy atom. The number of halogens is 2. The third-order valence-electron chi connectivity index (χ3n) is 3.80. The van der Waals surface area contributed by atoms with Gasteiger partial charge < -0.3 is 10.1 Å². The molecular weight excluding hydrogens is 349 g/mol. The molecule has 24 heavy (non-hydrogen) atoms. The zero-order valence-electron chi connectivity index (χ0n) is 12.9. The lowest BCUT2D eigenvalue weighted by molar-refractivity contribution is -0.126. The standard InChI is InChI=1S/C18H17ClFNO2S/c19-15-4-2-1-3-12(15)10-23-11-18(22)21-16-7-8-24-17-6-5-13(20)9-14(16)17/h1-6,9,16H,7-8,10-11H2,(H,21,22)/t16-/m1/s1. The molecule has 0 saturated heterocycles. The highest BCUT2D eigenvalue weighted by Gasteiger charge is 2.22. The number of amides is 1. The Hall–Kier alpha value is -1.56. The van der Waals surface area contributed by atoms with Crippen LogP contribution in [0, 0.1) is 5.82 Å². The Morgan fingerprint density at radius 1 is 1.33 bits per heavy atom. The summed E-state index contributed by atoms with van der Waals surface area (Å²) >= 11 is 7.73. The highest BCUT2D eigenvalue weighted by molar-refractivity contribution is 7.99. The average molecular weight is 366 g/mol. The predicted molar refractivity (Wildman–Crippen MR) is 93.7 cm³/mol. The zero-order chi connectivity index (χ0) is 16.9. The van der Waals surface area contributed by atoms with Gasteiger partial charge >= 0.3 is 0 Å². The van der Waals surface area contributed by atoms with Crippen molar-refractivity contribution in [3.8, 4) is 0 Å². The van der Waals surface area contributed by atoms with Gasteiger partial charge in [0, 0.05) is 15.7 Å². The molecule has 1 atom stereocenters. The maximum absolute atomic E-state index is 13.5. The molecule has 0 spiro atoms. The first-order valence-electron chi connectivity index (χ1n) is 7.66. The summed E-state index contributed by atoms with van der Waals surface area (Å²) in [6.45, 7) is 0.221. The van der Waals surface area contributed by atoms with Gasteiger partial charge in [0.15, 0.2) is 0 Å². The van der Waals surface area contributed by atoms with Crippen molar-refractivity contribution >= 4 is 29.3 Å². The molecule has 0 fully saturated rings. The van der Waals surface area contributed by atoms with Gasteiger partial charge in [-0.1, -0.05) is 29.8 Å². The minimum absolute atomic E-state index is 0.0560. The summed E-state index contributed by atoms with van der Waals surface area (Å²) < 4.78 is 18.9. The smallest absolute Gasteiger partial charge is 0.246 e. The summed E-state index contributed by atoms with van der Waals surface area (Å²) in [5, 5.41) is 3.54. The van der Waals surface area contributed by atoms with Crippen LogP contribution < -0.4 is 5.32 Å². The van der Waals surface area contributed by atoms with Crippen molar-refractivity contribution in [3.63, 3.8) is 0 Å². The zero-order valence-corrected chi connectivity index (χ0v) is 14.5. The van der Waals surface area contributed by atoms with E-state index in [0.717, 1.165) is 28.2 Å². The molecule has 2 aromatic carbocycles. The van der Waals surface area contributed by atoms with Crippen molar-refractivity contribution in [2.24, 2.45) is 0 Å². The summed E-state index contributed by atoms with van der Waals surface area (Å²) in [7, 11) is 0. The fourth-order valence-electron chi connectivity index (χ4n) is 2.62. The van der Waals surface area contributed by atoms with Crippen molar-refractivity contribution in [2.45, 2.75) is 24.0 Å². The molecule has 0 unspecified atom stereocenters. The van der Waals surface area contributed by atoms with Crippen LogP contribution in [0.1, 0.15) is 23.6 Å². The average Bonchev–Trinajstić information content (AvgIpc) is 2.57. The Labute approximate surface area is 149 Å². The summed E-state index contributed by atoms with van der Waals surface area (Å²) in [4.78, 5) is 13.1. The van der Waals surface area contributed by atoms with E-state index < -0.39 is 0 Å². The van der Waals surface area contributed by atoms with Crippen LogP contribution in [-0.4, -0.2) is 18.3 Å². The van der Waals surface area contributed by atoms with Gasteiger partial charge in [0.05, 0.1) is 12.6 Å².